The number of aliphatic hydroxyl groups is 1. The van der Waals surface area contributed by atoms with Gasteiger partial charge in [-0.1, -0.05) is 38.1 Å². The van der Waals surface area contributed by atoms with Crippen LogP contribution in [0.1, 0.15) is 50.8 Å². The van der Waals surface area contributed by atoms with Gasteiger partial charge in [-0.25, -0.2) is 0 Å². The monoisotopic (exact) mass is 281 g/mol. The highest BCUT2D eigenvalue weighted by Crippen LogP contribution is 2.20. The molecule has 0 aliphatic rings. The smallest absolute Gasteiger partial charge is 0.0564 e. The first kappa shape index (κ1) is 16.5. The van der Waals surface area contributed by atoms with Crippen LogP contribution in [-0.4, -0.2) is 29.3 Å². The molecular weight excluding hydrogens is 254 g/mol. The summed E-state index contributed by atoms with van der Waals surface area (Å²) >= 11 is 1.71. The molecule has 1 rings (SSSR count). The highest BCUT2D eigenvalue weighted by molar-refractivity contribution is 7.99. The van der Waals surface area contributed by atoms with E-state index in [2.05, 4.69) is 57.3 Å². The van der Waals surface area contributed by atoms with Gasteiger partial charge < -0.3 is 10.4 Å². The van der Waals surface area contributed by atoms with E-state index in [-0.39, 0.29) is 11.9 Å². The standard InChI is InChI=1S/C16H27NOS/c1-11(2)14-6-8-15(9-7-14)12(3)17-13(4)16(10-18)19-5/h6-9,11-13,16-18H,10H2,1-5H3. The van der Waals surface area contributed by atoms with Crippen molar-refractivity contribution < 1.29 is 5.11 Å². The Morgan fingerprint density at radius 2 is 1.58 bits per heavy atom. The Morgan fingerprint density at radius 1 is 1.05 bits per heavy atom. The van der Waals surface area contributed by atoms with Gasteiger partial charge in [-0.2, -0.15) is 11.8 Å². The van der Waals surface area contributed by atoms with Gasteiger partial charge >= 0.3 is 0 Å². The number of hydrogen-bond donors (Lipinski definition) is 2. The Bertz CT molecular complexity index is 360. The maximum atomic E-state index is 9.32. The summed E-state index contributed by atoms with van der Waals surface area (Å²) < 4.78 is 0. The van der Waals surface area contributed by atoms with Crippen molar-refractivity contribution in [1.82, 2.24) is 5.32 Å². The molecular formula is C16H27NOS. The van der Waals surface area contributed by atoms with Crippen LogP contribution in [-0.2, 0) is 0 Å². The zero-order valence-electron chi connectivity index (χ0n) is 12.7. The molecule has 0 spiro atoms. The van der Waals surface area contributed by atoms with E-state index in [1.165, 1.54) is 11.1 Å². The lowest BCUT2D eigenvalue weighted by Gasteiger charge is -2.25. The molecule has 3 atom stereocenters. The lowest BCUT2D eigenvalue weighted by molar-refractivity contribution is 0.272. The highest BCUT2D eigenvalue weighted by Gasteiger charge is 2.17. The molecule has 3 unspecified atom stereocenters. The number of aliphatic hydroxyl groups excluding tert-OH is 1. The van der Waals surface area contributed by atoms with Crippen molar-refractivity contribution in [3.8, 4) is 0 Å². The molecule has 0 bridgehead atoms. The lowest BCUT2D eigenvalue weighted by Crippen LogP contribution is -2.38. The minimum absolute atomic E-state index is 0.217. The summed E-state index contributed by atoms with van der Waals surface area (Å²) in [7, 11) is 0. The molecule has 0 radical (unpaired) electrons. The van der Waals surface area contributed by atoms with Crippen LogP contribution >= 0.6 is 11.8 Å². The third kappa shape index (κ3) is 4.83. The van der Waals surface area contributed by atoms with E-state index in [4.69, 9.17) is 0 Å². The molecule has 2 nitrogen and oxygen atoms in total. The average Bonchev–Trinajstić information content (AvgIpc) is 2.40. The molecule has 19 heavy (non-hydrogen) atoms. The van der Waals surface area contributed by atoms with Gasteiger partial charge in [-0.05, 0) is 37.1 Å². The highest BCUT2D eigenvalue weighted by atomic mass is 32.2. The van der Waals surface area contributed by atoms with Gasteiger partial charge in [0.2, 0.25) is 0 Å². The molecule has 0 saturated heterocycles. The van der Waals surface area contributed by atoms with Crippen molar-refractivity contribution in [3.63, 3.8) is 0 Å². The van der Waals surface area contributed by atoms with E-state index in [1.54, 1.807) is 11.8 Å². The van der Waals surface area contributed by atoms with Crippen LogP contribution in [0.4, 0.5) is 0 Å². The van der Waals surface area contributed by atoms with Crippen LogP contribution in [0.5, 0.6) is 0 Å². The maximum Gasteiger partial charge on any atom is 0.0564 e. The summed E-state index contributed by atoms with van der Waals surface area (Å²) in [6.45, 7) is 8.95. The van der Waals surface area contributed by atoms with Gasteiger partial charge in [0.15, 0.2) is 0 Å². The molecule has 0 heterocycles. The van der Waals surface area contributed by atoms with Crippen molar-refractivity contribution in [2.45, 2.75) is 50.9 Å². The number of benzene rings is 1. The zero-order chi connectivity index (χ0) is 14.4. The second kappa shape index (κ2) is 7.93. The molecule has 0 aromatic heterocycles. The molecule has 0 fully saturated rings. The molecule has 3 heteroatoms. The third-order valence-electron chi connectivity index (χ3n) is 3.66. The predicted octanol–water partition coefficient (Wildman–Crippen LogP) is 3.57. The van der Waals surface area contributed by atoms with Gasteiger partial charge in [0.1, 0.15) is 0 Å². The Morgan fingerprint density at radius 3 is 2.00 bits per heavy atom. The zero-order valence-corrected chi connectivity index (χ0v) is 13.5. The van der Waals surface area contributed by atoms with Crippen molar-refractivity contribution in [2.24, 2.45) is 0 Å². The fraction of sp³-hybridized carbons (Fsp3) is 0.625. The van der Waals surface area contributed by atoms with Crippen LogP contribution in [0, 0.1) is 0 Å². The Labute approximate surface area is 122 Å². The van der Waals surface area contributed by atoms with E-state index in [0.717, 1.165) is 0 Å². The summed E-state index contributed by atoms with van der Waals surface area (Å²) in [6, 6.07) is 9.42. The van der Waals surface area contributed by atoms with E-state index in [0.29, 0.717) is 18.0 Å². The van der Waals surface area contributed by atoms with Crippen molar-refractivity contribution in [3.05, 3.63) is 35.4 Å². The van der Waals surface area contributed by atoms with Crippen LogP contribution in [0.2, 0.25) is 0 Å². The van der Waals surface area contributed by atoms with Crippen molar-refractivity contribution >= 4 is 11.8 Å². The number of hydrogen-bond acceptors (Lipinski definition) is 3. The van der Waals surface area contributed by atoms with Crippen LogP contribution in [0.3, 0.4) is 0 Å². The van der Waals surface area contributed by atoms with Crippen LogP contribution in [0.25, 0.3) is 0 Å². The van der Waals surface area contributed by atoms with Crippen molar-refractivity contribution in [2.75, 3.05) is 12.9 Å². The molecule has 0 amide bonds. The molecule has 1 aromatic rings. The Kier molecular flexibility index (Phi) is 6.90. The van der Waals surface area contributed by atoms with Crippen LogP contribution in [0.15, 0.2) is 24.3 Å². The summed E-state index contributed by atoms with van der Waals surface area (Å²) in [5, 5.41) is 13.1. The first-order chi connectivity index (χ1) is 8.99. The van der Waals surface area contributed by atoms with Gasteiger partial charge in [-0.3, -0.25) is 0 Å². The first-order valence-corrected chi connectivity index (χ1v) is 8.28. The van der Waals surface area contributed by atoms with Gasteiger partial charge in [0, 0.05) is 17.3 Å². The largest absolute Gasteiger partial charge is 0.395 e. The summed E-state index contributed by atoms with van der Waals surface area (Å²) in [5.74, 6) is 0.575. The topological polar surface area (TPSA) is 32.3 Å². The Hall–Kier alpha value is -0.510. The second-order valence-corrected chi connectivity index (χ2v) is 6.53. The van der Waals surface area contributed by atoms with Gasteiger partial charge in [0.05, 0.1) is 6.61 Å². The van der Waals surface area contributed by atoms with Crippen molar-refractivity contribution in [1.29, 1.82) is 0 Å². The van der Waals surface area contributed by atoms with Gasteiger partial charge in [0.25, 0.3) is 0 Å². The predicted molar refractivity (Wildman–Crippen MR) is 85.9 cm³/mol. The van der Waals surface area contributed by atoms with E-state index in [9.17, 15) is 5.11 Å². The lowest BCUT2D eigenvalue weighted by atomic mass is 9.99. The summed E-state index contributed by atoms with van der Waals surface area (Å²) in [6.07, 6.45) is 2.04. The minimum atomic E-state index is 0.217. The molecule has 2 N–H and O–H groups in total. The van der Waals surface area contributed by atoms with Gasteiger partial charge in [-0.15, -0.1) is 0 Å². The molecule has 0 saturated carbocycles. The summed E-state index contributed by atoms with van der Waals surface area (Å²) in [4.78, 5) is 0. The summed E-state index contributed by atoms with van der Waals surface area (Å²) in [5.41, 5.74) is 2.68. The first-order valence-electron chi connectivity index (χ1n) is 6.99. The van der Waals surface area contributed by atoms with E-state index >= 15 is 0 Å². The molecule has 0 aliphatic carbocycles. The number of thioether (sulfide) groups is 1. The normalized spacial score (nSPS) is 16.4. The second-order valence-electron chi connectivity index (χ2n) is 5.46. The fourth-order valence-corrected chi connectivity index (χ4v) is 2.84. The fourth-order valence-electron chi connectivity index (χ4n) is 2.20. The molecule has 0 aliphatic heterocycles. The number of rotatable bonds is 7. The third-order valence-corrected chi connectivity index (χ3v) is 4.82. The van der Waals surface area contributed by atoms with Crippen LogP contribution < -0.4 is 5.32 Å². The average molecular weight is 281 g/mol. The molecule has 108 valence electrons. The minimum Gasteiger partial charge on any atom is -0.395 e. The van der Waals surface area contributed by atoms with E-state index in [1.807, 2.05) is 6.26 Å². The number of nitrogens with one attached hydrogen (secondary N) is 1. The SMILES string of the molecule is CSC(CO)C(C)NC(C)c1ccc(C(C)C)cc1. The Balaban J connectivity index is 2.64. The maximum absolute atomic E-state index is 9.32. The van der Waals surface area contributed by atoms with E-state index < -0.39 is 0 Å². The quantitative estimate of drug-likeness (QED) is 0.801. The molecule has 1 aromatic carbocycles.